The van der Waals surface area contributed by atoms with Crippen LogP contribution in [0, 0.1) is 0 Å². The lowest BCUT2D eigenvalue weighted by Crippen LogP contribution is -2.52. The fourth-order valence-corrected chi connectivity index (χ4v) is 3.80. The molecule has 0 amide bonds. The van der Waals surface area contributed by atoms with Gasteiger partial charge in [-0.3, -0.25) is 0 Å². The highest BCUT2D eigenvalue weighted by Crippen LogP contribution is 2.13. The van der Waals surface area contributed by atoms with Crippen LogP contribution in [0.4, 0.5) is 0 Å². The summed E-state index contributed by atoms with van der Waals surface area (Å²) < 4.78 is 48.7. The van der Waals surface area contributed by atoms with Crippen molar-refractivity contribution >= 4 is 20.0 Å². The summed E-state index contributed by atoms with van der Waals surface area (Å²) in [4.78, 5) is 0. The average Bonchev–Trinajstić information content (AvgIpc) is 2.27. The summed E-state index contributed by atoms with van der Waals surface area (Å²) in [5.74, 6) is 0. The Kier molecular flexibility index (Phi) is 4.53. The first kappa shape index (κ1) is 14.8. The molecule has 0 aromatic rings. The molecule has 0 aliphatic carbocycles. The number of hydrogen-bond acceptors (Lipinski definition) is 5. The highest BCUT2D eigenvalue weighted by atomic mass is 32.2. The van der Waals surface area contributed by atoms with Crippen LogP contribution in [0.5, 0.6) is 0 Å². The lowest BCUT2D eigenvalue weighted by atomic mass is 10.4. The summed E-state index contributed by atoms with van der Waals surface area (Å²) in [5, 5.41) is 8.02. The van der Waals surface area contributed by atoms with Gasteiger partial charge in [-0.15, -0.1) is 0 Å². The smallest absolute Gasteiger partial charge is 0.219 e. The van der Waals surface area contributed by atoms with Crippen molar-refractivity contribution in [1.29, 1.82) is 0 Å². The van der Waals surface area contributed by atoms with Crippen molar-refractivity contribution in [3.05, 3.63) is 0 Å². The van der Waals surface area contributed by atoms with Gasteiger partial charge < -0.3 is 5.11 Å². The third-order valence-corrected chi connectivity index (χ3v) is 6.35. The minimum absolute atomic E-state index is 0.139. The third kappa shape index (κ3) is 3.38. The normalized spacial score (nSPS) is 22.5. The van der Waals surface area contributed by atoms with E-state index in [-0.39, 0.29) is 26.2 Å². The minimum atomic E-state index is -3.52. The van der Waals surface area contributed by atoms with Crippen LogP contribution in [0.3, 0.4) is 0 Å². The van der Waals surface area contributed by atoms with E-state index in [1.165, 1.54) is 15.5 Å². The van der Waals surface area contributed by atoms with Crippen LogP contribution < -0.4 is 0 Å². The van der Waals surface area contributed by atoms with E-state index >= 15 is 0 Å². The number of rotatable bonds is 4. The fourth-order valence-electron chi connectivity index (χ4n) is 1.60. The Morgan fingerprint density at radius 3 is 1.82 bits per heavy atom. The number of hydrogen-bond donors (Lipinski definition) is 1. The Bertz CT molecular complexity index is 450. The number of nitrogens with zero attached hydrogens (tertiary/aromatic N) is 2. The summed E-state index contributed by atoms with van der Waals surface area (Å²) in [6, 6.07) is 0. The second-order valence-electron chi connectivity index (χ2n) is 4.10. The molecule has 102 valence electrons. The number of piperazine rings is 1. The molecule has 1 aliphatic heterocycles. The molecule has 0 spiro atoms. The van der Waals surface area contributed by atoms with Crippen LogP contribution in [0.2, 0.25) is 0 Å². The van der Waals surface area contributed by atoms with E-state index in [1.807, 2.05) is 0 Å². The first-order valence-electron chi connectivity index (χ1n) is 5.24. The molecule has 17 heavy (non-hydrogen) atoms. The summed E-state index contributed by atoms with van der Waals surface area (Å²) in [6.07, 6.45) is 1.10. The predicted octanol–water partition coefficient (Wildman–Crippen LogP) is -1.73. The van der Waals surface area contributed by atoms with Crippen molar-refractivity contribution in [1.82, 2.24) is 8.61 Å². The largest absolute Gasteiger partial charge is 0.395 e. The van der Waals surface area contributed by atoms with Gasteiger partial charge in [0.2, 0.25) is 20.0 Å². The summed E-state index contributed by atoms with van der Waals surface area (Å²) in [7, 11) is -6.78. The molecule has 9 heteroatoms. The SMILES string of the molecule is CC(CO)S(=O)(=O)N1CCN(S(C)(=O)=O)CC1. The molecule has 1 fully saturated rings. The van der Waals surface area contributed by atoms with Crippen molar-refractivity contribution in [2.75, 3.05) is 39.0 Å². The molecule has 0 aromatic carbocycles. The van der Waals surface area contributed by atoms with E-state index < -0.39 is 31.9 Å². The third-order valence-electron chi connectivity index (χ3n) is 2.79. The van der Waals surface area contributed by atoms with E-state index in [1.54, 1.807) is 0 Å². The standard InChI is InChI=1S/C8H18N2O5S2/c1-8(7-11)17(14,15)10-5-3-9(4-6-10)16(2,12)13/h8,11H,3-7H2,1-2H3. The Balaban J connectivity index is 2.71. The van der Waals surface area contributed by atoms with Gasteiger partial charge >= 0.3 is 0 Å². The summed E-state index contributed by atoms with van der Waals surface area (Å²) >= 11 is 0. The zero-order valence-electron chi connectivity index (χ0n) is 9.90. The predicted molar refractivity (Wildman–Crippen MR) is 63.5 cm³/mol. The van der Waals surface area contributed by atoms with Crippen molar-refractivity contribution in [3.63, 3.8) is 0 Å². The van der Waals surface area contributed by atoms with Crippen LogP contribution in [0.1, 0.15) is 6.92 Å². The van der Waals surface area contributed by atoms with Crippen LogP contribution in [-0.2, 0) is 20.0 Å². The molecular weight excluding hydrogens is 268 g/mol. The molecule has 1 heterocycles. The topological polar surface area (TPSA) is 95.0 Å². The van der Waals surface area contributed by atoms with E-state index in [2.05, 4.69) is 0 Å². The molecule has 1 rings (SSSR count). The maximum absolute atomic E-state index is 11.9. The van der Waals surface area contributed by atoms with Crippen molar-refractivity contribution in [2.24, 2.45) is 0 Å². The van der Waals surface area contributed by atoms with Crippen molar-refractivity contribution in [3.8, 4) is 0 Å². The molecule has 1 atom stereocenters. The van der Waals surface area contributed by atoms with Gasteiger partial charge in [0.15, 0.2) is 0 Å². The minimum Gasteiger partial charge on any atom is -0.395 e. The molecular formula is C8H18N2O5S2. The second kappa shape index (κ2) is 5.19. The number of aliphatic hydroxyl groups is 1. The maximum atomic E-state index is 11.9. The summed E-state index contributed by atoms with van der Waals surface area (Å²) in [6.45, 7) is 1.60. The Morgan fingerprint density at radius 2 is 1.47 bits per heavy atom. The Hall–Kier alpha value is -0.220. The van der Waals surface area contributed by atoms with Crippen molar-refractivity contribution in [2.45, 2.75) is 12.2 Å². The molecule has 1 saturated heterocycles. The van der Waals surface area contributed by atoms with Gasteiger partial charge in [-0.1, -0.05) is 0 Å². The highest BCUT2D eigenvalue weighted by molar-refractivity contribution is 7.89. The van der Waals surface area contributed by atoms with Gasteiger partial charge in [-0.25, -0.2) is 16.8 Å². The molecule has 0 radical (unpaired) electrons. The fraction of sp³-hybridized carbons (Fsp3) is 1.00. The zero-order chi connectivity index (χ0) is 13.3. The summed E-state index contributed by atoms with van der Waals surface area (Å²) in [5.41, 5.74) is 0. The van der Waals surface area contributed by atoms with Crippen LogP contribution in [-0.4, -0.2) is 74.8 Å². The van der Waals surface area contributed by atoms with Gasteiger partial charge in [0, 0.05) is 26.2 Å². The molecule has 1 unspecified atom stereocenters. The first-order chi connectivity index (χ1) is 7.69. The van der Waals surface area contributed by atoms with E-state index in [4.69, 9.17) is 5.11 Å². The quantitative estimate of drug-likeness (QED) is 0.663. The van der Waals surface area contributed by atoms with Gasteiger partial charge in [-0.05, 0) is 6.92 Å². The van der Waals surface area contributed by atoms with Gasteiger partial charge in [-0.2, -0.15) is 8.61 Å². The zero-order valence-corrected chi connectivity index (χ0v) is 11.5. The Morgan fingerprint density at radius 1 is 1.06 bits per heavy atom. The highest BCUT2D eigenvalue weighted by Gasteiger charge is 2.33. The average molecular weight is 286 g/mol. The van der Waals surface area contributed by atoms with Gasteiger partial charge in [0.1, 0.15) is 0 Å². The lowest BCUT2D eigenvalue weighted by Gasteiger charge is -2.33. The molecule has 0 aromatic heterocycles. The molecule has 1 N–H and O–H groups in total. The Labute approximate surface area is 102 Å². The molecule has 7 nitrogen and oxygen atoms in total. The monoisotopic (exact) mass is 286 g/mol. The van der Waals surface area contributed by atoms with Crippen LogP contribution in [0.15, 0.2) is 0 Å². The first-order valence-corrected chi connectivity index (χ1v) is 8.59. The molecule has 0 bridgehead atoms. The molecule has 1 aliphatic rings. The van der Waals surface area contributed by atoms with Gasteiger partial charge in [0.05, 0.1) is 18.1 Å². The van der Waals surface area contributed by atoms with Crippen molar-refractivity contribution < 1.29 is 21.9 Å². The number of aliphatic hydroxyl groups excluding tert-OH is 1. The maximum Gasteiger partial charge on any atom is 0.219 e. The second-order valence-corrected chi connectivity index (χ2v) is 8.43. The van der Waals surface area contributed by atoms with Crippen LogP contribution in [0.25, 0.3) is 0 Å². The van der Waals surface area contributed by atoms with E-state index in [9.17, 15) is 16.8 Å². The molecule has 0 saturated carbocycles. The van der Waals surface area contributed by atoms with Gasteiger partial charge in [0.25, 0.3) is 0 Å². The van der Waals surface area contributed by atoms with E-state index in [0.29, 0.717) is 0 Å². The van der Waals surface area contributed by atoms with Crippen LogP contribution >= 0.6 is 0 Å². The number of sulfonamides is 2. The lowest BCUT2D eigenvalue weighted by molar-refractivity contribution is 0.259. The van der Waals surface area contributed by atoms with E-state index in [0.717, 1.165) is 6.26 Å².